The molecule has 0 aromatic carbocycles. The summed E-state index contributed by atoms with van der Waals surface area (Å²) in [6.45, 7) is 6.21. The fraction of sp³-hybridized carbons (Fsp3) is 1.00. The van der Waals surface area contributed by atoms with E-state index in [4.69, 9.17) is 0 Å². The zero-order valence-corrected chi connectivity index (χ0v) is 6.88. The van der Waals surface area contributed by atoms with Crippen LogP contribution in [0.5, 0.6) is 0 Å². The van der Waals surface area contributed by atoms with Gasteiger partial charge in [0.25, 0.3) is 0 Å². The lowest BCUT2D eigenvalue weighted by Crippen LogP contribution is -2.77. The lowest BCUT2D eigenvalue weighted by Gasteiger charge is -2.61. The van der Waals surface area contributed by atoms with Gasteiger partial charge in [0, 0.05) is 25.2 Å². The summed E-state index contributed by atoms with van der Waals surface area (Å²) in [6.07, 6.45) is 1.31. The number of piperazine rings is 1. The number of likely N-dealkylation sites (tertiary alicyclic amines) is 2. The normalized spacial score (nSPS) is 40.2. The van der Waals surface area contributed by atoms with E-state index in [9.17, 15) is 0 Å². The Bertz CT molecular complexity index is 133. The van der Waals surface area contributed by atoms with Crippen molar-refractivity contribution < 1.29 is 0 Å². The number of hydrogen-bond donors (Lipinski definition) is 0. The maximum Gasteiger partial charge on any atom is 0.0391 e. The van der Waals surface area contributed by atoms with E-state index in [2.05, 4.69) is 23.8 Å². The van der Waals surface area contributed by atoms with Crippen LogP contribution in [-0.4, -0.2) is 48.6 Å². The van der Waals surface area contributed by atoms with Gasteiger partial charge in [0.05, 0.1) is 0 Å². The molecule has 58 valence electrons. The van der Waals surface area contributed by atoms with Crippen LogP contribution in [0.2, 0.25) is 0 Å². The largest absolute Gasteiger partial charge is 0.299 e. The van der Waals surface area contributed by atoms with Crippen molar-refractivity contribution in [3.63, 3.8) is 0 Å². The van der Waals surface area contributed by atoms with Crippen molar-refractivity contribution in [1.82, 2.24) is 9.80 Å². The van der Waals surface area contributed by atoms with Gasteiger partial charge in [-0.15, -0.1) is 0 Å². The highest BCUT2D eigenvalue weighted by atomic mass is 15.4. The molecule has 2 aliphatic heterocycles. The van der Waals surface area contributed by atoms with Gasteiger partial charge >= 0.3 is 0 Å². The number of rotatable bonds is 2. The van der Waals surface area contributed by atoms with Crippen molar-refractivity contribution >= 4 is 0 Å². The van der Waals surface area contributed by atoms with Crippen LogP contribution < -0.4 is 0 Å². The van der Waals surface area contributed by atoms with E-state index in [1.54, 1.807) is 0 Å². The minimum Gasteiger partial charge on any atom is -0.299 e. The molecule has 2 fully saturated rings. The summed E-state index contributed by atoms with van der Waals surface area (Å²) in [4.78, 5) is 5.06. The van der Waals surface area contributed by atoms with Crippen LogP contribution in [0.1, 0.15) is 13.3 Å². The SMILES string of the molecule is CCCN1CC2C1CN2C. The maximum absolute atomic E-state index is 2.60. The molecule has 0 N–H and O–H groups in total. The topological polar surface area (TPSA) is 6.48 Å². The second-order valence-electron chi connectivity index (χ2n) is 3.57. The number of likely N-dealkylation sites (N-methyl/N-ethyl adjacent to an activating group) is 1. The van der Waals surface area contributed by atoms with Crippen molar-refractivity contribution in [3.05, 3.63) is 0 Å². The lowest BCUT2D eigenvalue weighted by atomic mass is 9.86. The molecule has 2 rings (SSSR count). The predicted molar refractivity (Wildman–Crippen MR) is 42.1 cm³/mol. The first-order chi connectivity index (χ1) is 4.83. The Balaban J connectivity index is 1.78. The third kappa shape index (κ3) is 0.722. The summed E-state index contributed by atoms with van der Waals surface area (Å²) in [5.74, 6) is 0. The molecule has 2 heterocycles. The average molecular weight is 140 g/mol. The summed E-state index contributed by atoms with van der Waals surface area (Å²) in [7, 11) is 2.23. The fourth-order valence-corrected chi connectivity index (χ4v) is 2.11. The molecule has 0 bridgehead atoms. The van der Waals surface area contributed by atoms with Crippen LogP contribution in [-0.2, 0) is 0 Å². The van der Waals surface area contributed by atoms with Gasteiger partial charge in [-0.25, -0.2) is 0 Å². The number of hydrogen-bond acceptors (Lipinski definition) is 2. The highest BCUT2D eigenvalue weighted by molar-refractivity contribution is 5.06. The molecule has 2 aliphatic rings. The van der Waals surface area contributed by atoms with Crippen molar-refractivity contribution in [2.24, 2.45) is 0 Å². The molecule has 0 aromatic rings. The molecule has 0 amide bonds. The zero-order chi connectivity index (χ0) is 7.14. The minimum absolute atomic E-state index is 0.923. The molecule has 2 unspecified atom stereocenters. The molecule has 0 aliphatic carbocycles. The molecular formula is C8H16N2. The van der Waals surface area contributed by atoms with Gasteiger partial charge in [0.1, 0.15) is 0 Å². The number of nitrogens with zero attached hydrogens (tertiary/aromatic N) is 2. The molecule has 0 saturated carbocycles. The highest BCUT2D eigenvalue weighted by Gasteiger charge is 2.48. The summed E-state index contributed by atoms with van der Waals surface area (Å²) < 4.78 is 0. The average Bonchev–Trinajstić information content (AvgIpc) is 1.92. The van der Waals surface area contributed by atoms with Gasteiger partial charge in [-0.2, -0.15) is 0 Å². The monoisotopic (exact) mass is 140 g/mol. The third-order valence-corrected chi connectivity index (χ3v) is 2.89. The second-order valence-corrected chi connectivity index (χ2v) is 3.57. The van der Waals surface area contributed by atoms with Crippen LogP contribution in [0.4, 0.5) is 0 Å². The summed E-state index contributed by atoms with van der Waals surface area (Å²) >= 11 is 0. The molecular weight excluding hydrogens is 124 g/mol. The molecule has 0 radical (unpaired) electrons. The Labute approximate surface area is 62.8 Å². The summed E-state index contributed by atoms with van der Waals surface area (Å²) in [6, 6.07) is 1.86. The van der Waals surface area contributed by atoms with E-state index < -0.39 is 0 Å². The van der Waals surface area contributed by atoms with Crippen LogP contribution in [0.15, 0.2) is 0 Å². The Morgan fingerprint density at radius 1 is 1.30 bits per heavy atom. The summed E-state index contributed by atoms with van der Waals surface area (Å²) in [5, 5.41) is 0. The maximum atomic E-state index is 2.60. The Kier molecular flexibility index (Phi) is 1.46. The van der Waals surface area contributed by atoms with Crippen LogP contribution in [0.3, 0.4) is 0 Å². The zero-order valence-electron chi connectivity index (χ0n) is 6.88. The Morgan fingerprint density at radius 3 is 2.50 bits per heavy atom. The molecule has 2 nitrogen and oxygen atoms in total. The van der Waals surface area contributed by atoms with E-state index in [1.807, 2.05) is 0 Å². The van der Waals surface area contributed by atoms with E-state index in [1.165, 1.54) is 26.1 Å². The predicted octanol–water partition coefficient (Wildman–Crippen LogP) is 0.395. The smallest absolute Gasteiger partial charge is 0.0391 e. The van der Waals surface area contributed by atoms with Crippen LogP contribution >= 0.6 is 0 Å². The second kappa shape index (κ2) is 2.21. The number of fused-ring (bicyclic) bond motifs is 1. The van der Waals surface area contributed by atoms with Crippen molar-refractivity contribution in [2.45, 2.75) is 25.4 Å². The lowest BCUT2D eigenvalue weighted by molar-refractivity contribution is -0.110. The van der Waals surface area contributed by atoms with Crippen molar-refractivity contribution in [1.29, 1.82) is 0 Å². The fourth-order valence-electron chi connectivity index (χ4n) is 2.11. The van der Waals surface area contributed by atoms with E-state index >= 15 is 0 Å². The quantitative estimate of drug-likeness (QED) is 0.547. The van der Waals surface area contributed by atoms with Gasteiger partial charge in [-0.3, -0.25) is 9.80 Å². The van der Waals surface area contributed by atoms with Crippen LogP contribution in [0.25, 0.3) is 0 Å². The third-order valence-electron chi connectivity index (χ3n) is 2.89. The van der Waals surface area contributed by atoms with Gasteiger partial charge in [0.15, 0.2) is 0 Å². The summed E-state index contributed by atoms with van der Waals surface area (Å²) in [5.41, 5.74) is 0. The molecule has 2 saturated heterocycles. The molecule has 0 aromatic heterocycles. The first-order valence-electron chi connectivity index (χ1n) is 4.27. The molecule has 0 spiro atoms. The van der Waals surface area contributed by atoms with E-state index in [0.29, 0.717) is 0 Å². The van der Waals surface area contributed by atoms with E-state index in [0.717, 1.165) is 12.1 Å². The first-order valence-corrected chi connectivity index (χ1v) is 4.27. The highest BCUT2D eigenvalue weighted by Crippen LogP contribution is 2.31. The molecule has 10 heavy (non-hydrogen) atoms. The van der Waals surface area contributed by atoms with Crippen LogP contribution in [0, 0.1) is 0 Å². The Morgan fingerprint density at radius 2 is 2.10 bits per heavy atom. The van der Waals surface area contributed by atoms with Crippen molar-refractivity contribution in [3.8, 4) is 0 Å². The van der Waals surface area contributed by atoms with Crippen molar-refractivity contribution in [2.75, 3.05) is 26.7 Å². The first kappa shape index (κ1) is 6.62. The van der Waals surface area contributed by atoms with Gasteiger partial charge < -0.3 is 0 Å². The molecule has 2 atom stereocenters. The van der Waals surface area contributed by atoms with Gasteiger partial charge in [0.2, 0.25) is 0 Å². The molecule has 2 heteroatoms. The standard InChI is InChI=1S/C8H16N2/c1-3-4-10-6-7-8(10)5-9(7)2/h7-8H,3-6H2,1-2H3. The Hall–Kier alpha value is -0.0800. The van der Waals surface area contributed by atoms with Gasteiger partial charge in [-0.1, -0.05) is 6.92 Å². The minimum atomic E-state index is 0.923. The van der Waals surface area contributed by atoms with Gasteiger partial charge in [-0.05, 0) is 20.0 Å². The van der Waals surface area contributed by atoms with E-state index in [-0.39, 0.29) is 0 Å².